The number of rotatable bonds is 4. The van der Waals surface area contributed by atoms with Gasteiger partial charge in [-0.05, 0) is 44.4 Å². The van der Waals surface area contributed by atoms with Crippen molar-refractivity contribution in [3.8, 4) is 0 Å². The first-order chi connectivity index (χ1) is 10.2. The molecule has 1 saturated heterocycles. The van der Waals surface area contributed by atoms with Crippen molar-refractivity contribution in [2.75, 3.05) is 13.1 Å². The Kier molecular flexibility index (Phi) is 3.03. The number of nitrogens with one attached hydrogen (secondary N) is 1. The fourth-order valence-corrected chi connectivity index (χ4v) is 3.90. The van der Waals surface area contributed by atoms with Crippen molar-refractivity contribution in [1.29, 1.82) is 0 Å². The summed E-state index contributed by atoms with van der Waals surface area (Å²) in [5, 5.41) is 3.49. The van der Waals surface area contributed by atoms with Crippen molar-refractivity contribution in [2.24, 2.45) is 0 Å². The summed E-state index contributed by atoms with van der Waals surface area (Å²) >= 11 is 0. The van der Waals surface area contributed by atoms with Crippen LogP contribution in [0.5, 0.6) is 0 Å². The minimum Gasteiger partial charge on any atom is -0.324 e. The first kappa shape index (κ1) is 13.3. The monoisotopic (exact) mass is 287 g/mol. The van der Waals surface area contributed by atoms with Gasteiger partial charge in [-0.15, -0.1) is 0 Å². The van der Waals surface area contributed by atoms with Gasteiger partial charge in [-0.1, -0.05) is 19.4 Å². The Balaban J connectivity index is 1.94. The summed E-state index contributed by atoms with van der Waals surface area (Å²) in [5.41, 5.74) is 1.62. The SMILES string of the molecule is CCCC1(c2nc3c(F)cccc3n2C2CC2)CCNC1. The third-order valence-corrected chi connectivity index (χ3v) is 5.03. The topological polar surface area (TPSA) is 29.9 Å². The van der Waals surface area contributed by atoms with Gasteiger partial charge in [0.15, 0.2) is 5.82 Å². The van der Waals surface area contributed by atoms with Gasteiger partial charge in [0, 0.05) is 18.0 Å². The third-order valence-electron chi connectivity index (χ3n) is 5.03. The Hall–Kier alpha value is -1.42. The minimum absolute atomic E-state index is 0.0861. The largest absolute Gasteiger partial charge is 0.324 e. The van der Waals surface area contributed by atoms with Gasteiger partial charge >= 0.3 is 0 Å². The third kappa shape index (κ3) is 2.00. The van der Waals surface area contributed by atoms with Crippen LogP contribution in [0.1, 0.15) is 50.9 Å². The molecule has 1 N–H and O–H groups in total. The summed E-state index contributed by atoms with van der Waals surface area (Å²) in [6.45, 7) is 4.24. The summed E-state index contributed by atoms with van der Waals surface area (Å²) in [5.74, 6) is 0.933. The number of imidazole rings is 1. The standard InChI is InChI=1S/C17H22FN3/c1-2-8-17(9-10-19-11-17)16-20-15-13(18)4-3-5-14(15)21(16)12-6-7-12/h3-5,12,19H,2,6-11H2,1H3. The lowest BCUT2D eigenvalue weighted by Gasteiger charge is -2.28. The van der Waals surface area contributed by atoms with E-state index in [9.17, 15) is 4.39 Å². The molecule has 112 valence electrons. The molecule has 3 nitrogen and oxygen atoms in total. The van der Waals surface area contributed by atoms with Gasteiger partial charge in [-0.2, -0.15) is 0 Å². The molecule has 2 fully saturated rings. The van der Waals surface area contributed by atoms with Crippen LogP contribution < -0.4 is 5.32 Å². The van der Waals surface area contributed by atoms with Crippen LogP contribution in [0.15, 0.2) is 18.2 Å². The lowest BCUT2D eigenvalue weighted by molar-refractivity contribution is 0.386. The molecule has 1 aliphatic carbocycles. The summed E-state index contributed by atoms with van der Waals surface area (Å²) in [7, 11) is 0. The molecule has 1 aliphatic heterocycles. The Bertz CT molecular complexity index is 666. The molecule has 0 bridgehead atoms. The maximum absolute atomic E-state index is 14.2. The molecule has 0 amide bonds. The average Bonchev–Trinajstić information content (AvgIpc) is 3.06. The zero-order valence-corrected chi connectivity index (χ0v) is 12.5. The first-order valence-electron chi connectivity index (χ1n) is 8.13. The number of nitrogens with zero attached hydrogens (tertiary/aromatic N) is 2. The number of para-hydroxylation sites is 1. The summed E-state index contributed by atoms with van der Waals surface area (Å²) in [6.07, 6.45) is 5.77. The second kappa shape index (κ2) is 4.80. The molecule has 2 aliphatic rings. The maximum Gasteiger partial charge on any atom is 0.151 e. The van der Waals surface area contributed by atoms with Crippen molar-refractivity contribution >= 4 is 11.0 Å². The highest BCUT2D eigenvalue weighted by molar-refractivity contribution is 5.77. The molecule has 4 heteroatoms. The predicted octanol–water partition coefficient (Wildman–Crippen LogP) is 3.54. The minimum atomic E-state index is -0.189. The van der Waals surface area contributed by atoms with E-state index in [0.717, 1.165) is 43.7 Å². The Labute approximate surface area is 124 Å². The second-order valence-corrected chi connectivity index (χ2v) is 6.60. The van der Waals surface area contributed by atoms with Crippen LogP contribution in [0, 0.1) is 5.82 Å². The molecule has 2 aromatic rings. The van der Waals surface area contributed by atoms with Crippen molar-refractivity contribution in [2.45, 2.75) is 50.5 Å². The van der Waals surface area contributed by atoms with E-state index in [4.69, 9.17) is 4.98 Å². The molecule has 0 radical (unpaired) electrons. The van der Waals surface area contributed by atoms with Crippen molar-refractivity contribution < 1.29 is 4.39 Å². The second-order valence-electron chi connectivity index (χ2n) is 6.60. The van der Waals surface area contributed by atoms with Gasteiger partial charge in [0.2, 0.25) is 0 Å². The summed E-state index contributed by atoms with van der Waals surface area (Å²) < 4.78 is 16.5. The average molecular weight is 287 g/mol. The molecule has 0 spiro atoms. The van der Waals surface area contributed by atoms with E-state index in [1.165, 1.54) is 18.9 Å². The summed E-state index contributed by atoms with van der Waals surface area (Å²) in [6, 6.07) is 5.88. The van der Waals surface area contributed by atoms with E-state index >= 15 is 0 Å². The fourth-order valence-electron chi connectivity index (χ4n) is 3.90. The van der Waals surface area contributed by atoms with Crippen LogP contribution in [-0.2, 0) is 5.41 Å². The highest BCUT2D eigenvalue weighted by Crippen LogP contribution is 2.44. The fraction of sp³-hybridized carbons (Fsp3) is 0.588. The number of hydrogen-bond acceptors (Lipinski definition) is 2. The molecular formula is C17H22FN3. The molecule has 1 atom stereocenters. The molecule has 1 aromatic heterocycles. The molecule has 2 heterocycles. The lowest BCUT2D eigenvalue weighted by Crippen LogP contribution is -2.32. The molecule has 1 aromatic carbocycles. The van der Waals surface area contributed by atoms with E-state index in [2.05, 4.69) is 16.8 Å². The molecule has 1 saturated carbocycles. The van der Waals surface area contributed by atoms with Crippen molar-refractivity contribution in [3.63, 3.8) is 0 Å². The van der Waals surface area contributed by atoms with Crippen LogP contribution in [-0.4, -0.2) is 22.6 Å². The number of benzene rings is 1. The number of fused-ring (bicyclic) bond motifs is 1. The van der Waals surface area contributed by atoms with E-state index < -0.39 is 0 Å². The number of aromatic nitrogens is 2. The lowest BCUT2D eigenvalue weighted by atomic mass is 9.81. The van der Waals surface area contributed by atoms with Gasteiger partial charge < -0.3 is 9.88 Å². The van der Waals surface area contributed by atoms with Crippen molar-refractivity contribution in [1.82, 2.24) is 14.9 Å². The zero-order chi connectivity index (χ0) is 14.4. The summed E-state index contributed by atoms with van der Waals surface area (Å²) in [4.78, 5) is 4.79. The van der Waals surface area contributed by atoms with E-state index in [0.29, 0.717) is 11.6 Å². The smallest absolute Gasteiger partial charge is 0.151 e. The number of halogens is 1. The van der Waals surface area contributed by atoms with E-state index in [1.807, 2.05) is 6.07 Å². The van der Waals surface area contributed by atoms with Gasteiger partial charge in [-0.3, -0.25) is 0 Å². The van der Waals surface area contributed by atoms with Crippen LogP contribution >= 0.6 is 0 Å². The van der Waals surface area contributed by atoms with E-state index in [-0.39, 0.29) is 11.2 Å². The number of hydrogen-bond donors (Lipinski definition) is 1. The predicted molar refractivity (Wildman–Crippen MR) is 82.0 cm³/mol. The Morgan fingerprint density at radius 1 is 1.43 bits per heavy atom. The molecular weight excluding hydrogens is 265 g/mol. The van der Waals surface area contributed by atoms with Crippen molar-refractivity contribution in [3.05, 3.63) is 29.8 Å². The quantitative estimate of drug-likeness (QED) is 0.932. The van der Waals surface area contributed by atoms with Crippen LogP contribution in [0.3, 0.4) is 0 Å². The van der Waals surface area contributed by atoms with E-state index in [1.54, 1.807) is 6.07 Å². The van der Waals surface area contributed by atoms with Crippen LogP contribution in [0.2, 0.25) is 0 Å². The van der Waals surface area contributed by atoms with Gasteiger partial charge in [0.25, 0.3) is 0 Å². The molecule has 21 heavy (non-hydrogen) atoms. The first-order valence-corrected chi connectivity index (χ1v) is 8.13. The molecule has 4 rings (SSSR count). The van der Waals surface area contributed by atoms with Gasteiger partial charge in [0.05, 0.1) is 5.52 Å². The van der Waals surface area contributed by atoms with Gasteiger partial charge in [0.1, 0.15) is 11.3 Å². The highest BCUT2D eigenvalue weighted by atomic mass is 19.1. The van der Waals surface area contributed by atoms with Crippen LogP contribution in [0.25, 0.3) is 11.0 Å². The highest BCUT2D eigenvalue weighted by Gasteiger charge is 2.42. The normalized spacial score (nSPS) is 25.8. The maximum atomic E-state index is 14.2. The zero-order valence-electron chi connectivity index (χ0n) is 12.5. The van der Waals surface area contributed by atoms with Crippen LogP contribution in [0.4, 0.5) is 4.39 Å². The van der Waals surface area contributed by atoms with Gasteiger partial charge in [-0.25, -0.2) is 9.37 Å². The Morgan fingerprint density at radius 3 is 2.95 bits per heavy atom. The Morgan fingerprint density at radius 2 is 2.29 bits per heavy atom. The molecule has 1 unspecified atom stereocenters.